The van der Waals surface area contributed by atoms with E-state index in [0.717, 1.165) is 25.8 Å². The fourth-order valence-electron chi connectivity index (χ4n) is 2.06. The highest BCUT2D eigenvalue weighted by atomic mass is 16.5. The Kier molecular flexibility index (Phi) is 7.23. The molecule has 0 spiro atoms. The van der Waals surface area contributed by atoms with E-state index >= 15 is 0 Å². The van der Waals surface area contributed by atoms with Crippen LogP contribution in [0.5, 0.6) is 0 Å². The van der Waals surface area contributed by atoms with Gasteiger partial charge in [-0.25, -0.2) is 0 Å². The summed E-state index contributed by atoms with van der Waals surface area (Å²) < 4.78 is 5.43. The molecule has 0 aromatic rings. The van der Waals surface area contributed by atoms with E-state index in [2.05, 4.69) is 22.5 Å². The number of piperidine rings is 1. The summed E-state index contributed by atoms with van der Waals surface area (Å²) in [5.74, 6) is 0.109. The maximum atomic E-state index is 11.8. The first-order valence-electron chi connectivity index (χ1n) is 6.86. The number of nitrogens with zero attached hydrogens (tertiary/aromatic N) is 1. The molecule has 1 heterocycles. The molecule has 2 atom stereocenters. The first kappa shape index (κ1) is 15.4. The summed E-state index contributed by atoms with van der Waals surface area (Å²) in [7, 11) is 4.03. The molecular weight excluding hydrogens is 230 g/mol. The quantitative estimate of drug-likeness (QED) is 0.640. The summed E-state index contributed by atoms with van der Waals surface area (Å²) in [6.45, 7) is 4.93. The van der Waals surface area contributed by atoms with E-state index in [1.165, 1.54) is 0 Å². The zero-order valence-corrected chi connectivity index (χ0v) is 11.9. The van der Waals surface area contributed by atoms with Crippen molar-refractivity contribution >= 4 is 5.91 Å². The van der Waals surface area contributed by atoms with Gasteiger partial charge < -0.3 is 20.3 Å². The van der Waals surface area contributed by atoms with Gasteiger partial charge in [-0.2, -0.15) is 0 Å². The third-order valence-electron chi connectivity index (χ3n) is 3.16. The van der Waals surface area contributed by atoms with Crippen LogP contribution in [0.4, 0.5) is 0 Å². The molecule has 0 aliphatic carbocycles. The number of amides is 1. The molecule has 0 radical (unpaired) electrons. The predicted molar refractivity (Wildman–Crippen MR) is 72.6 cm³/mol. The van der Waals surface area contributed by atoms with Crippen molar-refractivity contribution in [1.82, 2.24) is 15.5 Å². The molecule has 0 aromatic heterocycles. The summed E-state index contributed by atoms with van der Waals surface area (Å²) >= 11 is 0. The van der Waals surface area contributed by atoms with Crippen LogP contribution >= 0.6 is 0 Å². The summed E-state index contributed by atoms with van der Waals surface area (Å²) in [5, 5.41) is 6.24. The highest BCUT2D eigenvalue weighted by molar-refractivity contribution is 5.81. The highest BCUT2D eigenvalue weighted by Crippen LogP contribution is 2.11. The van der Waals surface area contributed by atoms with Gasteiger partial charge in [-0.3, -0.25) is 4.79 Å². The van der Waals surface area contributed by atoms with E-state index in [1.54, 1.807) is 0 Å². The molecule has 2 N–H and O–H groups in total. The van der Waals surface area contributed by atoms with Crippen LogP contribution in [-0.2, 0) is 9.53 Å². The molecule has 1 fully saturated rings. The summed E-state index contributed by atoms with van der Waals surface area (Å²) in [6.07, 6.45) is 3.24. The van der Waals surface area contributed by atoms with Crippen LogP contribution in [0, 0.1) is 0 Å². The van der Waals surface area contributed by atoms with Gasteiger partial charge in [-0.05, 0) is 40.3 Å². The summed E-state index contributed by atoms with van der Waals surface area (Å²) in [4.78, 5) is 13.9. The second-order valence-corrected chi connectivity index (χ2v) is 5.26. The van der Waals surface area contributed by atoms with Crippen LogP contribution in [0.1, 0.15) is 26.2 Å². The fourth-order valence-corrected chi connectivity index (χ4v) is 2.06. The van der Waals surface area contributed by atoms with E-state index in [0.29, 0.717) is 25.8 Å². The molecule has 106 valence electrons. The molecular formula is C13H27N3O2. The average molecular weight is 257 g/mol. The van der Waals surface area contributed by atoms with Crippen molar-refractivity contribution < 1.29 is 9.53 Å². The van der Waals surface area contributed by atoms with Crippen LogP contribution in [0.3, 0.4) is 0 Å². The number of carbonyl (C=O) groups is 1. The van der Waals surface area contributed by atoms with Gasteiger partial charge in [0.25, 0.3) is 0 Å². The maximum absolute atomic E-state index is 11.8. The van der Waals surface area contributed by atoms with Crippen LogP contribution in [0.2, 0.25) is 0 Å². The zero-order chi connectivity index (χ0) is 13.4. The van der Waals surface area contributed by atoms with E-state index in [-0.39, 0.29) is 11.9 Å². The lowest BCUT2D eigenvalue weighted by molar-refractivity contribution is -0.124. The maximum Gasteiger partial charge on any atom is 0.237 e. The number of hydrogen-bond acceptors (Lipinski definition) is 4. The minimum absolute atomic E-state index is 0.0180. The molecule has 1 amide bonds. The molecule has 0 saturated carbocycles. The molecule has 1 aliphatic rings. The van der Waals surface area contributed by atoms with E-state index in [4.69, 9.17) is 4.74 Å². The molecule has 0 bridgehead atoms. The average Bonchev–Trinajstić information content (AvgIpc) is 2.33. The summed E-state index contributed by atoms with van der Waals surface area (Å²) in [6, 6.07) is 0.432. The first-order valence-corrected chi connectivity index (χ1v) is 6.86. The van der Waals surface area contributed by atoms with Crippen LogP contribution in [0.25, 0.3) is 0 Å². The topological polar surface area (TPSA) is 53.6 Å². The van der Waals surface area contributed by atoms with Gasteiger partial charge in [0, 0.05) is 19.1 Å². The second-order valence-electron chi connectivity index (χ2n) is 5.26. The van der Waals surface area contributed by atoms with Crippen molar-refractivity contribution in [3.63, 3.8) is 0 Å². The van der Waals surface area contributed by atoms with Gasteiger partial charge in [0.05, 0.1) is 19.3 Å². The van der Waals surface area contributed by atoms with Crippen molar-refractivity contribution in [1.29, 1.82) is 0 Å². The number of nitrogens with one attached hydrogen (secondary N) is 2. The molecule has 2 unspecified atom stereocenters. The lowest BCUT2D eigenvalue weighted by atomic mass is 9.99. The largest absolute Gasteiger partial charge is 0.378 e. The molecule has 1 rings (SSSR count). The first-order chi connectivity index (χ1) is 8.59. The second kappa shape index (κ2) is 8.45. The Bertz CT molecular complexity index is 246. The van der Waals surface area contributed by atoms with Gasteiger partial charge >= 0.3 is 0 Å². The SMILES string of the molecule is CC1CCCC(C(=O)NCCOCCN(C)C)N1. The van der Waals surface area contributed by atoms with Gasteiger partial charge in [0.15, 0.2) is 0 Å². The molecule has 18 heavy (non-hydrogen) atoms. The third-order valence-corrected chi connectivity index (χ3v) is 3.16. The standard InChI is InChI=1S/C13H27N3O2/c1-11-5-4-6-12(15-11)13(17)14-7-9-18-10-8-16(2)3/h11-12,15H,4-10H2,1-3H3,(H,14,17). The Morgan fingerprint density at radius 3 is 2.83 bits per heavy atom. The van der Waals surface area contributed by atoms with Crippen molar-refractivity contribution in [3.8, 4) is 0 Å². The lowest BCUT2D eigenvalue weighted by Gasteiger charge is -2.27. The van der Waals surface area contributed by atoms with E-state index in [1.807, 2.05) is 14.1 Å². The molecule has 1 aliphatic heterocycles. The number of ether oxygens (including phenoxy) is 1. The van der Waals surface area contributed by atoms with Crippen molar-refractivity contribution in [3.05, 3.63) is 0 Å². The molecule has 5 nitrogen and oxygen atoms in total. The summed E-state index contributed by atoms with van der Waals surface area (Å²) in [5.41, 5.74) is 0. The van der Waals surface area contributed by atoms with Gasteiger partial charge in [0.2, 0.25) is 5.91 Å². The Labute approximate surface area is 110 Å². The molecule has 1 saturated heterocycles. The van der Waals surface area contributed by atoms with Gasteiger partial charge in [-0.1, -0.05) is 0 Å². The van der Waals surface area contributed by atoms with Crippen LogP contribution in [0.15, 0.2) is 0 Å². The molecule has 5 heteroatoms. The minimum Gasteiger partial charge on any atom is -0.378 e. The third kappa shape index (κ3) is 6.33. The smallest absolute Gasteiger partial charge is 0.237 e. The number of carbonyl (C=O) groups excluding carboxylic acids is 1. The van der Waals surface area contributed by atoms with Crippen molar-refractivity contribution in [2.75, 3.05) is 40.4 Å². The minimum atomic E-state index is -0.0180. The van der Waals surface area contributed by atoms with Gasteiger partial charge in [-0.15, -0.1) is 0 Å². The Morgan fingerprint density at radius 2 is 2.17 bits per heavy atom. The van der Waals surface area contributed by atoms with E-state index in [9.17, 15) is 4.79 Å². The normalized spacial score (nSPS) is 24.2. The van der Waals surface area contributed by atoms with Crippen LogP contribution < -0.4 is 10.6 Å². The predicted octanol–water partition coefficient (Wildman–Crippen LogP) is 0.211. The van der Waals surface area contributed by atoms with Crippen molar-refractivity contribution in [2.45, 2.75) is 38.3 Å². The monoisotopic (exact) mass is 257 g/mol. The number of likely N-dealkylation sites (N-methyl/N-ethyl adjacent to an activating group) is 1. The highest BCUT2D eigenvalue weighted by Gasteiger charge is 2.23. The van der Waals surface area contributed by atoms with Crippen molar-refractivity contribution in [2.24, 2.45) is 0 Å². The van der Waals surface area contributed by atoms with Gasteiger partial charge in [0.1, 0.15) is 0 Å². The van der Waals surface area contributed by atoms with E-state index < -0.39 is 0 Å². The lowest BCUT2D eigenvalue weighted by Crippen LogP contribution is -2.50. The molecule has 0 aromatic carbocycles. The Morgan fingerprint density at radius 1 is 1.39 bits per heavy atom. The Hall–Kier alpha value is -0.650. The Balaban J connectivity index is 2.02. The zero-order valence-electron chi connectivity index (χ0n) is 11.9. The van der Waals surface area contributed by atoms with Crippen LogP contribution in [-0.4, -0.2) is 63.3 Å². The number of hydrogen-bond donors (Lipinski definition) is 2. The number of rotatable bonds is 7. The fraction of sp³-hybridized carbons (Fsp3) is 0.923.